The molecule has 3 nitrogen and oxygen atoms in total. The Hall–Kier alpha value is -1.01. The van der Waals surface area contributed by atoms with E-state index in [4.69, 9.17) is 0 Å². The molecule has 0 aliphatic carbocycles. The van der Waals surface area contributed by atoms with E-state index in [-0.39, 0.29) is 55.2 Å². The number of hydrogen-bond donors (Lipinski definition) is 0. The number of hydrogen-bond acceptors (Lipinski definition) is 3. The van der Waals surface area contributed by atoms with Crippen LogP contribution >= 0.6 is 15.9 Å². The van der Waals surface area contributed by atoms with E-state index in [9.17, 15) is 4.79 Å². The smallest absolute Gasteiger partial charge is 0.162 e. The monoisotopic (exact) mass is 545 g/mol. The van der Waals surface area contributed by atoms with Crippen molar-refractivity contribution >= 4 is 43.5 Å². The van der Waals surface area contributed by atoms with Crippen LogP contribution in [-0.2, 0) is 0 Å². The molecule has 0 bridgehead atoms. The van der Waals surface area contributed by atoms with Gasteiger partial charge < -0.3 is 0 Å². The number of rotatable bonds is 2. The number of fused-ring (bicyclic) bond motifs is 3. The second-order valence-corrected chi connectivity index (χ2v) is 6.41. The quantitative estimate of drug-likeness (QED) is 0.236. The van der Waals surface area contributed by atoms with Gasteiger partial charge in [-0.15, -0.1) is 0 Å². The van der Waals surface area contributed by atoms with Crippen molar-refractivity contribution in [3.05, 3.63) is 83.1 Å². The number of carbonyl (C=O) groups excluding carboxylic acids is 1. The van der Waals surface area contributed by atoms with Gasteiger partial charge in [-0.3, -0.25) is 14.8 Å². The Balaban J connectivity index is 0.000000186. The zero-order valence-electron chi connectivity index (χ0n) is 14.2. The van der Waals surface area contributed by atoms with E-state index in [2.05, 4.69) is 44.1 Å². The molecule has 5 heteroatoms. The van der Waals surface area contributed by atoms with Crippen molar-refractivity contribution in [2.75, 3.05) is 0 Å². The van der Waals surface area contributed by atoms with Crippen LogP contribution in [0.1, 0.15) is 23.7 Å². The number of aromatic nitrogens is 2. The molecule has 0 amide bonds. The molecule has 0 spiro atoms. The molecule has 2 aromatic carbocycles. The Bertz CT molecular complexity index is 964. The molecular formula is C21H17BrEuN2O. The van der Waals surface area contributed by atoms with Crippen LogP contribution in [0.2, 0.25) is 0 Å². The zero-order valence-corrected chi connectivity index (χ0v) is 18.2. The average Bonchev–Trinajstić information content (AvgIpc) is 2.68. The van der Waals surface area contributed by atoms with Gasteiger partial charge in [-0.25, -0.2) is 0 Å². The molecule has 26 heavy (non-hydrogen) atoms. The number of nitrogens with zero attached hydrogens (tertiary/aromatic N) is 2. The molecule has 2 aromatic heterocycles. The molecule has 1 radical (unpaired) electrons. The number of carbonyl (C=O) groups is 1. The van der Waals surface area contributed by atoms with Crippen LogP contribution < -0.4 is 0 Å². The van der Waals surface area contributed by atoms with Gasteiger partial charge in [-0.2, -0.15) is 0 Å². The van der Waals surface area contributed by atoms with Crippen LogP contribution in [0.15, 0.2) is 77.5 Å². The molecule has 0 fully saturated rings. The minimum Gasteiger partial charge on any atom is -0.294 e. The van der Waals surface area contributed by atoms with Crippen LogP contribution in [0.4, 0.5) is 0 Å². The van der Waals surface area contributed by atoms with Gasteiger partial charge in [0.1, 0.15) is 0 Å². The fourth-order valence-corrected chi connectivity index (χ4v) is 2.80. The molecule has 0 unspecified atom stereocenters. The number of ketones is 1. The summed E-state index contributed by atoms with van der Waals surface area (Å²) in [7, 11) is 0. The molecule has 0 aliphatic rings. The van der Waals surface area contributed by atoms with Crippen molar-refractivity contribution in [2.24, 2.45) is 0 Å². The summed E-state index contributed by atoms with van der Waals surface area (Å²) in [6, 6.07) is 19.5. The van der Waals surface area contributed by atoms with Crippen molar-refractivity contribution in [1.29, 1.82) is 0 Å². The first kappa shape index (κ1) is 21.3. The predicted octanol–water partition coefficient (Wildman–Crippen LogP) is 5.82. The van der Waals surface area contributed by atoms with Gasteiger partial charge in [0.15, 0.2) is 5.78 Å². The van der Waals surface area contributed by atoms with Gasteiger partial charge in [-0.05, 0) is 36.4 Å². The molecule has 0 aliphatic heterocycles. The third-order valence-electron chi connectivity index (χ3n) is 3.84. The summed E-state index contributed by atoms with van der Waals surface area (Å²) >= 11 is 3.31. The Morgan fingerprint density at radius 2 is 1.62 bits per heavy atom. The number of Topliss-reactive ketones (excluding diaryl/α,β-unsaturated/α-hetero) is 1. The van der Waals surface area contributed by atoms with Crippen molar-refractivity contribution in [3.63, 3.8) is 0 Å². The van der Waals surface area contributed by atoms with Crippen molar-refractivity contribution in [2.45, 2.75) is 13.3 Å². The first-order valence-electron chi connectivity index (χ1n) is 8.06. The van der Waals surface area contributed by atoms with Crippen LogP contribution in [0, 0.1) is 49.4 Å². The maximum atomic E-state index is 11.1. The summed E-state index contributed by atoms with van der Waals surface area (Å²) in [6.45, 7) is 1.87. The summed E-state index contributed by atoms with van der Waals surface area (Å²) in [5, 5.41) is 2.28. The van der Waals surface area contributed by atoms with E-state index in [1.807, 2.05) is 55.6 Å². The van der Waals surface area contributed by atoms with E-state index in [0.717, 1.165) is 31.8 Å². The number of benzene rings is 2. The Labute approximate surface area is 201 Å². The molecule has 4 rings (SSSR count). The molecule has 0 saturated carbocycles. The Kier molecular flexibility index (Phi) is 8.49. The first-order valence-corrected chi connectivity index (χ1v) is 8.85. The first-order chi connectivity index (χ1) is 12.2. The molecule has 4 aromatic rings. The molecule has 0 saturated heterocycles. The third-order valence-corrected chi connectivity index (χ3v) is 4.37. The van der Waals surface area contributed by atoms with Gasteiger partial charge in [0, 0.05) is 89.0 Å². The summed E-state index contributed by atoms with van der Waals surface area (Å²) < 4.78 is 1.00. The number of halogens is 1. The second kappa shape index (κ2) is 10.4. The number of pyridine rings is 2. The van der Waals surface area contributed by atoms with Crippen LogP contribution in [-0.4, -0.2) is 15.8 Å². The van der Waals surface area contributed by atoms with Crippen molar-refractivity contribution < 1.29 is 54.2 Å². The Morgan fingerprint density at radius 1 is 0.923 bits per heavy atom. The SMILES string of the molecule is CCC(=O)c1ccc(Br)cc1.[Eu].c1cnc2c(c1)ccc1ncccc12. The Morgan fingerprint density at radius 3 is 2.35 bits per heavy atom. The normalized spacial score (nSPS) is 9.92. The zero-order chi connectivity index (χ0) is 17.6. The van der Waals surface area contributed by atoms with Gasteiger partial charge in [0.2, 0.25) is 0 Å². The van der Waals surface area contributed by atoms with Gasteiger partial charge in [0.25, 0.3) is 0 Å². The minimum absolute atomic E-state index is 0. The van der Waals surface area contributed by atoms with E-state index in [1.165, 1.54) is 0 Å². The summed E-state index contributed by atoms with van der Waals surface area (Å²) in [5.41, 5.74) is 2.81. The summed E-state index contributed by atoms with van der Waals surface area (Å²) in [6.07, 6.45) is 4.19. The molecular weight excluding hydrogens is 528 g/mol. The average molecular weight is 545 g/mol. The summed E-state index contributed by atoms with van der Waals surface area (Å²) in [5.74, 6) is 0.192. The molecule has 2 heterocycles. The van der Waals surface area contributed by atoms with Gasteiger partial charge >= 0.3 is 0 Å². The van der Waals surface area contributed by atoms with Crippen molar-refractivity contribution in [1.82, 2.24) is 9.97 Å². The van der Waals surface area contributed by atoms with E-state index < -0.39 is 0 Å². The molecule has 131 valence electrons. The second-order valence-electron chi connectivity index (χ2n) is 5.49. The van der Waals surface area contributed by atoms with E-state index in [0.29, 0.717) is 6.42 Å². The molecule has 0 atom stereocenters. The van der Waals surface area contributed by atoms with E-state index >= 15 is 0 Å². The summed E-state index contributed by atoms with van der Waals surface area (Å²) in [4.78, 5) is 19.8. The maximum absolute atomic E-state index is 11.1. The largest absolute Gasteiger partial charge is 0.294 e. The predicted molar refractivity (Wildman–Crippen MR) is 106 cm³/mol. The maximum Gasteiger partial charge on any atom is 0.162 e. The minimum atomic E-state index is 0. The van der Waals surface area contributed by atoms with Crippen LogP contribution in [0.3, 0.4) is 0 Å². The van der Waals surface area contributed by atoms with Gasteiger partial charge in [0.05, 0.1) is 11.0 Å². The standard InChI is InChI=1S/C12H8N2.C9H9BrO.Eu/c1-3-9-5-6-11-10(4-2-7-13-11)12(9)14-8-1;1-2-9(11)7-3-5-8(10)6-4-7;/h1-8H;3-6H,2H2,1H3;. The topological polar surface area (TPSA) is 42.9 Å². The third kappa shape index (κ3) is 5.26. The van der Waals surface area contributed by atoms with Crippen molar-refractivity contribution in [3.8, 4) is 0 Å². The fraction of sp³-hybridized carbons (Fsp3) is 0.0952. The fourth-order valence-electron chi connectivity index (χ4n) is 2.54. The van der Waals surface area contributed by atoms with E-state index in [1.54, 1.807) is 6.20 Å². The van der Waals surface area contributed by atoms with Crippen LogP contribution in [0.5, 0.6) is 0 Å². The molecule has 0 N–H and O–H groups in total. The van der Waals surface area contributed by atoms with Gasteiger partial charge in [-0.1, -0.05) is 47.1 Å². The van der Waals surface area contributed by atoms with Crippen LogP contribution in [0.25, 0.3) is 21.8 Å².